The number of carbonyl (C=O) groups is 3. The van der Waals surface area contributed by atoms with Gasteiger partial charge in [-0.2, -0.15) is 0 Å². The summed E-state index contributed by atoms with van der Waals surface area (Å²) < 4.78 is 11.4. The minimum Gasteiger partial charge on any atom is -0.466 e. The fraction of sp³-hybridized carbons (Fsp3) is 0.640. The molecule has 0 radical (unpaired) electrons. The minimum atomic E-state index is -0.705. The summed E-state index contributed by atoms with van der Waals surface area (Å²) in [7, 11) is 0. The Morgan fingerprint density at radius 2 is 1.72 bits per heavy atom. The number of esters is 1. The molecule has 0 bridgehead atoms. The van der Waals surface area contributed by atoms with Crippen LogP contribution in [0, 0.1) is 11.8 Å². The van der Waals surface area contributed by atoms with Crippen molar-refractivity contribution in [3.8, 4) is 0 Å². The Kier molecular flexibility index (Phi) is 6.84. The molecule has 1 aromatic carbocycles. The standard InChI is InChI=1S/C25H34N2O5/c1-3-31-24(30)20-11-15-26(16-12-20)23(29)21-17-32-25(13-9-18(2)10-14-25)27(21)22(28)19-7-5-4-6-8-19/h4-8,18,20-21H,3,9-17H2,1-2H3/t18?,21-,25?/m1/s1. The topological polar surface area (TPSA) is 76.2 Å². The number of hydrogen-bond donors (Lipinski definition) is 0. The van der Waals surface area contributed by atoms with Crippen LogP contribution in [0.15, 0.2) is 30.3 Å². The monoisotopic (exact) mass is 442 g/mol. The molecule has 0 unspecified atom stereocenters. The number of likely N-dealkylation sites (tertiary alicyclic amines) is 1. The Balaban J connectivity index is 1.52. The lowest BCUT2D eigenvalue weighted by Crippen LogP contribution is -2.58. The van der Waals surface area contributed by atoms with Crippen molar-refractivity contribution in [3.63, 3.8) is 0 Å². The van der Waals surface area contributed by atoms with Gasteiger partial charge in [0.15, 0.2) is 0 Å². The van der Waals surface area contributed by atoms with Gasteiger partial charge in [-0.1, -0.05) is 25.1 Å². The van der Waals surface area contributed by atoms with Crippen LogP contribution < -0.4 is 0 Å². The van der Waals surface area contributed by atoms with E-state index in [1.807, 2.05) is 18.2 Å². The van der Waals surface area contributed by atoms with Crippen molar-refractivity contribution >= 4 is 17.8 Å². The molecular weight excluding hydrogens is 408 g/mol. The number of rotatable bonds is 4. The summed E-state index contributed by atoms with van der Waals surface area (Å²) >= 11 is 0. The van der Waals surface area contributed by atoms with Crippen LogP contribution >= 0.6 is 0 Å². The van der Waals surface area contributed by atoms with Crippen molar-refractivity contribution in [2.24, 2.45) is 11.8 Å². The molecule has 174 valence electrons. The lowest BCUT2D eigenvalue weighted by atomic mass is 9.83. The summed E-state index contributed by atoms with van der Waals surface area (Å²) in [5.41, 5.74) is -0.127. The maximum atomic E-state index is 13.6. The minimum absolute atomic E-state index is 0.0768. The van der Waals surface area contributed by atoms with Gasteiger partial charge in [-0.3, -0.25) is 19.3 Å². The van der Waals surface area contributed by atoms with Gasteiger partial charge >= 0.3 is 5.97 Å². The fourth-order valence-electron chi connectivity index (χ4n) is 5.30. The normalized spacial score (nSPS) is 28.7. The van der Waals surface area contributed by atoms with Gasteiger partial charge in [0, 0.05) is 18.7 Å². The number of ether oxygens (including phenoxy) is 2. The van der Waals surface area contributed by atoms with E-state index in [-0.39, 0.29) is 30.3 Å². The van der Waals surface area contributed by atoms with Crippen molar-refractivity contribution < 1.29 is 23.9 Å². The number of benzene rings is 1. The van der Waals surface area contributed by atoms with E-state index in [1.165, 1.54) is 0 Å². The number of nitrogens with zero attached hydrogens (tertiary/aromatic N) is 2. The Labute approximate surface area is 190 Å². The van der Waals surface area contributed by atoms with Crippen LogP contribution in [0.25, 0.3) is 0 Å². The van der Waals surface area contributed by atoms with Gasteiger partial charge in [-0.25, -0.2) is 0 Å². The zero-order valence-electron chi connectivity index (χ0n) is 19.1. The van der Waals surface area contributed by atoms with Crippen molar-refractivity contribution in [1.82, 2.24) is 9.80 Å². The van der Waals surface area contributed by atoms with Gasteiger partial charge in [0.05, 0.1) is 19.1 Å². The van der Waals surface area contributed by atoms with Gasteiger partial charge in [0.1, 0.15) is 11.8 Å². The Bertz CT molecular complexity index is 826. The second-order valence-electron chi connectivity index (χ2n) is 9.35. The average molecular weight is 443 g/mol. The highest BCUT2D eigenvalue weighted by Gasteiger charge is 2.54. The molecule has 2 aliphatic heterocycles. The van der Waals surface area contributed by atoms with E-state index in [4.69, 9.17) is 9.47 Å². The predicted molar refractivity (Wildman–Crippen MR) is 119 cm³/mol. The van der Waals surface area contributed by atoms with E-state index in [2.05, 4.69) is 6.92 Å². The molecule has 0 N–H and O–H groups in total. The van der Waals surface area contributed by atoms with Crippen molar-refractivity contribution in [3.05, 3.63) is 35.9 Å². The molecule has 1 aromatic rings. The molecular formula is C25H34N2O5. The van der Waals surface area contributed by atoms with Gasteiger partial charge in [-0.15, -0.1) is 0 Å². The lowest BCUT2D eigenvalue weighted by Gasteiger charge is -2.43. The summed E-state index contributed by atoms with van der Waals surface area (Å²) in [5, 5.41) is 0. The smallest absolute Gasteiger partial charge is 0.309 e. The first-order valence-corrected chi connectivity index (χ1v) is 11.9. The summed E-state index contributed by atoms with van der Waals surface area (Å²) in [6, 6.07) is 8.53. The molecule has 3 fully saturated rings. The van der Waals surface area contributed by atoms with Crippen molar-refractivity contribution in [2.45, 2.75) is 64.1 Å². The summed E-state index contributed by atoms with van der Waals surface area (Å²) in [6.45, 7) is 5.61. The molecule has 7 nitrogen and oxygen atoms in total. The van der Waals surface area contributed by atoms with E-state index < -0.39 is 11.8 Å². The van der Waals surface area contributed by atoms with Crippen LogP contribution in [0.1, 0.15) is 62.7 Å². The van der Waals surface area contributed by atoms with Crippen molar-refractivity contribution in [1.29, 1.82) is 0 Å². The van der Waals surface area contributed by atoms with E-state index in [0.717, 1.165) is 25.7 Å². The molecule has 3 aliphatic rings. The number of amides is 2. The predicted octanol–water partition coefficient (Wildman–Crippen LogP) is 3.24. The molecule has 1 spiro atoms. The number of carbonyl (C=O) groups excluding carboxylic acids is 3. The molecule has 4 rings (SSSR count). The van der Waals surface area contributed by atoms with Gasteiger partial charge in [0.2, 0.25) is 5.91 Å². The van der Waals surface area contributed by atoms with Gasteiger partial charge < -0.3 is 14.4 Å². The van der Waals surface area contributed by atoms with E-state index >= 15 is 0 Å². The van der Waals surface area contributed by atoms with Gasteiger partial charge in [-0.05, 0) is 63.5 Å². The Morgan fingerprint density at radius 1 is 1.06 bits per heavy atom. The third-order valence-corrected chi connectivity index (χ3v) is 7.27. The first-order chi connectivity index (χ1) is 15.4. The zero-order chi connectivity index (χ0) is 22.7. The summed E-state index contributed by atoms with van der Waals surface area (Å²) in [6.07, 6.45) is 4.64. The molecule has 32 heavy (non-hydrogen) atoms. The molecule has 2 amide bonds. The summed E-state index contributed by atoms with van der Waals surface area (Å²) in [5.74, 6) is 0.0334. The highest BCUT2D eigenvalue weighted by molar-refractivity contribution is 5.98. The quantitative estimate of drug-likeness (QED) is 0.669. The van der Waals surface area contributed by atoms with E-state index in [9.17, 15) is 14.4 Å². The first-order valence-electron chi connectivity index (χ1n) is 11.9. The van der Waals surface area contributed by atoms with Crippen LogP contribution in [0.4, 0.5) is 0 Å². The molecule has 1 saturated carbocycles. The zero-order valence-corrected chi connectivity index (χ0v) is 19.1. The molecule has 0 aromatic heterocycles. The lowest BCUT2D eigenvalue weighted by molar-refractivity contribution is -0.152. The highest BCUT2D eigenvalue weighted by Crippen LogP contribution is 2.43. The van der Waals surface area contributed by atoms with Crippen LogP contribution in [0.5, 0.6) is 0 Å². The maximum Gasteiger partial charge on any atom is 0.309 e. The fourth-order valence-corrected chi connectivity index (χ4v) is 5.30. The summed E-state index contributed by atoms with van der Waals surface area (Å²) in [4.78, 5) is 42.8. The average Bonchev–Trinajstić information content (AvgIpc) is 3.19. The SMILES string of the molecule is CCOC(=O)C1CCN(C(=O)[C@H]2COC3(CCC(C)CC3)N2C(=O)c2ccccc2)CC1. The molecule has 1 atom stereocenters. The Morgan fingerprint density at radius 3 is 2.34 bits per heavy atom. The highest BCUT2D eigenvalue weighted by atomic mass is 16.5. The van der Waals surface area contributed by atoms with Crippen LogP contribution in [0.3, 0.4) is 0 Å². The first kappa shape index (κ1) is 22.8. The van der Waals surface area contributed by atoms with E-state index in [1.54, 1.807) is 28.9 Å². The van der Waals surface area contributed by atoms with Crippen LogP contribution in [-0.4, -0.2) is 65.7 Å². The Hall–Kier alpha value is -2.41. The van der Waals surface area contributed by atoms with Crippen LogP contribution in [-0.2, 0) is 19.1 Å². The number of piperidine rings is 1. The maximum absolute atomic E-state index is 13.6. The van der Waals surface area contributed by atoms with Crippen molar-refractivity contribution in [2.75, 3.05) is 26.3 Å². The number of hydrogen-bond acceptors (Lipinski definition) is 5. The third-order valence-electron chi connectivity index (χ3n) is 7.27. The molecule has 2 saturated heterocycles. The van der Waals surface area contributed by atoms with E-state index in [0.29, 0.717) is 44.0 Å². The second kappa shape index (κ2) is 9.61. The third kappa shape index (κ3) is 4.40. The van der Waals surface area contributed by atoms with Gasteiger partial charge in [0.25, 0.3) is 5.91 Å². The second-order valence-corrected chi connectivity index (χ2v) is 9.35. The largest absolute Gasteiger partial charge is 0.466 e. The van der Waals surface area contributed by atoms with Crippen LogP contribution in [0.2, 0.25) is 0 Å². The molecule has 1 aliphatic carbocycles. The molecule has 7 heteroatoms. The molecule has 2 heterocycles.